The van der Waals surface area contributed by atoms with Crippen molar-refractivity contribution in [1.29, 1.82) is 0 Å². The van der Waals surface area contributed by atoms with Gasteiger partial charge < -0.3 is 15.7 Å². The van der Waals surface area contributed by atoms with Gasteiger partial charge in [-0.3, -0.25) is 0 Å². The van der Waals surface area contributed by atoms with Crippen molar-refractivity contribution in [2.75, 3.05) is 26.2 Å². The molecule has 4 aliphatic rings. The van der Waals surface area contributed by atoms with Gasteiger partial charge in [-0.05, 0) is 124 Å². The molecule has 3 fully saturated rings. The number of rotatable bonds is 7. The van der Waals surface area contributed by atoms with Crippen molar-refractivity contribution >= 4 is 0 Å². The Morgan fingerprint density at radius 1 is 1.10 bits per heavy atom. The number of allylic oxidation sites excluding steroid dienone is 1. The topological polar surface area (TPSA) is 49.5 Å². The normalized spacial score (nSPS) is 44.2. The van der Waals surface area contributed by atoms with E-state index >= 15 is 0 Å². The third kappa shape index (κ3) is 3.71. The monoisotopic (exact) mass is 416 g/mol. The summed E-state index contributed by atoms with van der Waals surface area (Å²) < 4.78 is 0. The first-order valence-corrected chi connectivity index (χ1v) is 13.2. The molecule has 4 rings (SSSR count). The van der Waals surface area contributed by atoms with Crippen molar-refractivity contribution in [3.63, 3.8) is 0 Å². The Morgan fingerprint density at radius 2 is 1.87 bits per heavy atom. The molecule has 4 aliphatic carbocycles. The molecular weight excluding hydrogens is 368 g/mol. The summed E-state index contributed by atoms with van der Waals surface area (Å²) in [6.07, 6.45) is 13.8. The summed E-state index contributed by atoms with van der Waals surface area (Å²) in [5, 5.41) is 10.2. The Bertz CT molecular complexity index is 628. The van der Waals surface area contributed by atoms with Crippen LogP contribution in [0.2, 0.25) is 0 Å². The standard InChI is InChI=1S/C27H48N2O/c1-5-29(6-2)16-13-19(18-28)23-9-10-24-22-8-7-20-17-21(30)11-14-26(20,3)25(22)12-15-27(23,24)4/h7,19,21-25,30H,5-6,8-18,28H2,1-4H3/t19?,21-,22-,23+,24-,25-,26-,27+/m0/s1. The Balaban J connectivity index is 1.51. The first kappa shape index (κ1) is 22.8. The van der Waals surface area contributed by atoms with Gasteiger partial charge in [0.2, 0.25) is 0 Å². The van der Waals surface area contributed by atoms with E-state index in [1.165, 1.54) is 51.5 Å². The lowest BCUT2D eigenvalue weighted by Gasteiger charge is -2.58. The van der Waals surface area contributed by atoms with Crippen molar-refractivity contribution in [1.82, 2.24) is 4.90 Å². The second-order valence-electron chi connectivity index (χ2n) is 11.7. The minimum absolute atomic E-state index is 0.0956. The highest BCUT2D eigenvalue weighted by molar-refractivity contribution is 5.25. The van der Waals surface area contributed by atoms with Crippen molar-refractivity contribution in [3.8, 4) is 0 Å². The SMILES string of the molecule is CCN(CC)CCC(CN)[C@H]1CC[C@H]2[C@@H]3CC=C4C[C@@H](O)CC[C@]4(C)[C@H]3CC[C@]12C. The van der Waals surface area contributed by atoms with E-state index in [4.69, 9.17) is 5.73 Å². The van der Waals surface area contributed by atoms with E-state index in [-0.39, 0.29) is 6.10 Å². The van der Waals surface area contributed by atoms with Gasteiger partial charge in [-0.15, -0.1) is 0 Å². The van der Waals surface area contributed by atoms with Crippen LogP contribution in [0.4, 0.5) is 0 Å². The zero-order chi connectivity index (χ0) is 21.5. The summed E-state index contributed by atoms with van der Waals surface area (Å²) >= 11 is 0. The Labute approximate surface area is 185 Å². The predicted molar refractivity (Wildman–Crippen MR) is 126 cm³/mol. The van der Waals surface area contributed by atoms with Crippen LogP contribution in [0.15, 0.2) is 11.6 Å². The molecule has 0 saturated heterocycles. The lowest BCUT2D eigenvalue weighted by molar-refractivity contribution is -0.0581. The van der Waals surface area contributed by atoms with Gasteiger partial charge in [-0.1, -0.05) is 39.3 Å². The van der Waals surface area contributed by atoms with Crippen LogP contribution in [-0.4, -0.2) is 42.3 Å². The summed E-state index contributed by atoms with van der Waals surface area (Å²) in [6, 6.07) is 0. The molecule has 0 amide bonds. The Kier molecular flexibility index (Phi) is 6.74. The maximum atomic E-state index is 10.2. The van der Waals surface area contributed by atoms with Crippen LogP contribution >= 0.6 is 0 Å². The van der Waals surface area contributed by atoms with Crippen molar-refractivity contribution < 1.29 is 5.11 Å². The van der Waals surface area contributed by atoms with Gasteiger partial charge in [-0.25, -0.2) is 0 Å². The Hall–Kier alpha value is -0.380. The number of fused-ring (bicyclic) bond motifs is 5. The smallest absolute Gasteiger partial charge is 0.0577 e. The fourth-order valence-electron chi connectivity index (χ4n) is 8.83. The van der Waals surface area contributed by atoms with E-state index in [9.17, 15) is 5.11 Å². The van der Waals surface area contributed by atoms with Crippen LogP contribution in [-0.2, 0) is 0 Å². The van der Waals surface area contributed by atoms with Crippen LogP contribution in [0.1, 0.15) is 85.5 Å². The summed E-state index contributed by atoms with van der Waals surface area (Å²) in [7, 11) is 0. The molecule has 3 N–H and O–H groups in total. The molecule has 0 spiro atoms. The van der Waals surface area contributed by atoms with Gasteiger partial charge in [0.25, 0.3) is 0 Å². The number of hydrogen-bond acceptors (Lipinski definition) is 3. The number of aliphatic hydroxyl groups is 1. The number of aliphatic hydroxyl groups excluding tert-OH is 1. The first-order chi connectivity index (χ1) is 14.4. The third-order valence-corrected chi connectivity index (χ3v) is 10.7. The fourth-order valence-corrected chi connectivity index (χ4v) is 8.83. The largest absolute Gasteiger partial charge is 0.393 e. The minimum Gasteiger partial charge on any atom is -0.393 e. The second-order valence-corrected chi connectivity index (χ2v) is 11.7. The third-order valence-electron chi connectivity index (χ3n) is 10.7. The number of nitrogens with zero attached hydrogens (tertiary/aromatic N) is 1. The molecule has 3 heteroatoms. The zero-order valence-corrected chi connectivity index (χ0v) is 20.2. The molecule has 0 aromatic rings. The fraction of sp³-hybridized carbons (Fsp3) is 0.926. The Morgan fingerprint density at radius 3 is 2.57 bits per heavy atom. The molecule has 30 heavy (non-hydrogen) atoms. The van der Waals surface area contributed by atoms with Crippen LogP contribution < -0.4 is 5.73 Å². The van der Waals surface area contributed by atoms with E-state index in [1.54, 1.807) is 5.57 Å². The highest BCUT2D eigenvalue weighted by Gasteiger charge is 2.59. The van der Waals surface area contributed by atoms with Gasteiger partial charge >= 0.3 is 0 Å². The maximum absolute atomic E-state index is 10.2. The van der Waals surface area contributed by atoms with Crippen LogP contribution in [0, 0.1) is 40.4 Å². The van der Waals surface area contributed by atoms with Gasteiger partial charge in [0.15, 0.2) is 0 Å². The lowest BCUT2D eigenvalue weighted by Crippen LogP contribution is -2.51. The van der Waals surface area contributed by atoms with E-state index < -0.39 is 0 Å². The lowest BCUT2D eigenvalue weighted by atomic mass is 9.47. The average molecular weight is 417 g/mol. The first-order valence-electron chi connectivity index (χ1n) is 13.2. The summed E-state index contributed by atoms with van der Waals surface area (Å²) in [4.78, 5) is 2.57. The van der Waals surface area contributed by atoms with Gasteiger partial charge in [0, 0.05) is 0 Å². The van der Waals surface area contributed by atoms with Gasteiger partial charge in [0.05, 0.1) is 6.10 Å². The summed E-state index contributed by atoms with van der Waals surface area (Å²) in [5.74, 6) is 4.08. The molecule has 0 aliphatic heterocycles. The molecule has 0 aromatic heterocycles. The summed E-state index contributed by atoms with van der Waals surface area (Å²) in [5.41, 5.74) is 8.85. The second kappa shape index (κ2) is 8.87. The van der Waals surface area contributed by atoms with Gasteiger partial charge in [-0.2, -0.15) is 0 Å². The molecule has 0 bridgehead atoms. The maximum Gasteiger partial charge on any atom is 0.0577 e. The molecule has 0 radical (unpaired) electrons. The van der Waals surface area contributed by atoms with E-state index in [0.29, 0.717) is 16.7 Å². The van der Waals surface area contributed by atoms with E-state index in [2.05, 4.69) is 38.7 Å². The quantitative estimate of drug-likeness (QED) is 0.559. The average Bonchev–Trinajstić information content (AvgIpc) is 3.09. The van der Waals surface area contributed by atoms with Crippen LogP contribution in [0.5, 0.6) is 0 Å². The summed E-state index contributed by atoms with van der Waals surface area (Å²) in [6.45, 7) is 14.2. The predicted octanol–water partition coefficient (Wildman–Crippen LogP) is 5.23. The molecular formula is C27H48N2O. The van der Waals surface area contributed by atoms with E-state index in [1.807, 2.05) is 0 Å². The minimum atomic E-state index is -0.0956. The molecule has 0 heterocycles. The highest BCUT2D eigenvalue weighted by Crippen LogP contribution is 2.67. The molecule has 8 atom stereocenters. The van der Waals surface area contributed by atoms with Crippen molar-refractivity contribution in [3.05, 3.63) is 11.6 Å². The number of hydrogen-bond donors (Lipinski definition) is 2. The van der Waals surface area contributed by atoms with Crippen molar-refractivity contribution in [2.45, 2.75) is 91.6 Å². The van der Waals surface area contributed by atoms with E-state index in [0.717, 1.165) is 56.1 Å². The van der Waals surface area contributed by atoms with Crippen molar-refractivity contribution in [2.24, 2.45) is 46.2 Å². The molecule has 172 valence electrons. The molecule has 1 unspecified atom stereocenters. The number of nitrogens with two attached hydrogens (primary N) is 1. The highest BCUT2D eigenvalue weighted by atomic mass is 16.3. The molecule has 3 saturated carbocycles. The molecule has 0 aromatic carbocycles. The van der Waals surface area contributed by atoms with Crippen LogP contribution in [0.25, 0.3) is 0 Å². The van der Waals surface area contributed by atoms with Crippen LogP contribution in [0.3, 0.4) is 0 Å². The molecule has 3 nitrogen and oxygen atoms in total. The van der Waals surface area contributed by atoms with Gasteiger partial charge in [0.1, 0.15) is 0 Å². The zero-order valence-electron chi connectivity index (χ0n) is 20.2.